The van der Waals surface area contributed by atoms with E-state index in [4.69, 9.17) is 0 Å². The SMILES string of the molecule is Cc1cc(C)c(CCCCCNC2CC2)s1. The van der Waals surface area contributed by atoms with Gasteiger partial charge >= 0.3 is 0 Å². The van der Waals surface area contributed by atoms with Crippen molar-refractivity contribution in [2.24, 2.45) is 0 Å². The number of thiophene rings is 1. The number of unbranched alkanes of at least 4 members (excludes halogenated alkanes) is 2. The summed E-state index contributed by atoms with van der Waals surface area (Å²) >= 11 is 1.98. The average Bonchev–Trinajstić information content (AvgIpc) is 2.99. The van der Waals surface area contributed by atoms with E-state index in [1.165, 1.54) is 55.5 Å². The summed E-state index contributed by atoms with van der Waals surface area (Å²) in [6, 6.07) is 3.19. The van der Waals surface area contributed by atoms with E-state index in [2.05, 4.69) is 25.2 Å². The first-order chi connectivity index (χ1) is 7.75. The fourth-order valence-electron chi connectivity index (χ4n) is 2.12. The molecule has 90 valence electrons. The van der Waals surface area contributed by atoms with Crippen molar-refractivity contribution in [3.63, 3.8) is 0 Å². The fraction of sp³-hybridized carbons (Fsp3) is 0.714. The molecule has 0 unspecified atom stereocenters. The Morgan fingerprint density at radius 3 is 2.69 bits per heavy atom. The maximum atomic E-state index is 3.57. The van der Waals surface area contributed by atoms with Crippen LogP contribution in [0.25, 0.3) is 0 Å². The van der Waals surface area contributed by atoms with Crippen LogP contribution in [-0.2, 0) is 6.42 Å². The maximum absolute atomic E-state index is 3.57. The molecule has 2 heteroatoms. The van der Waals surface area contributed by atoms with Crippen LogP contribution < -0.4 is 5.32 Å². The minimum absolute atomic E-state index is 0.877. The van der Waals surface area contributed by atoms with Crippen LogP contribution in [0, 0.1) is 13.8 Å². The molecule has 0 spiro atoms. The van der Waals surface area contributed by atoms with Crippen molar-refractivity contribution in [2.75, 3.05) is 6.54 Å². The lowest BCUT2D eigenvalue weighted by atomic mass is 10.1. The zero-order valence-corrected chi connectivity index (χ0v) is 11.3. The van der Waals surface area contributed by atoms with E-state index < -0.39 is 0 Å². The normalized spacial score (nSPS) is 15.6. The van der Waals surface area contributed by atoms with Crippen LogP contribution in [-0.4, -0.2) is 12.6 Å². The van der Waals surface area contributed by atoms with E-state index in [-0.39, 0.29) is 0 Å². The van der Waals surface area contributed by atoms with Crippen LogP contribution in [0.4, 0.5) is 0 Å². The Balaban J connectivity index is 1.54. The highest BCUT2D eigenvalue weighted by Crippen LogP contribution is 2.23. The van der Waals surface area contributed by atoms with Gasteiger partial charge in [-0.05, 0) is 64.1 Å². The predicted molar refractivity (Wildman–Crippen MR) is 72.4 cm³/mol. The summed E-state index contributed by atoms with van der Waals surface area (Å²) in [5.41, 5.74) is 1.50. The zero-order valence-electron chi connectivity index (χ0n) is 10.5. The second-order valence-electron chi connectivity index (χ2n) is 5.00. The standard InChI is InChI=1S/C14H23NS/c1-11-10-12(2)16-14(11)6-4-3-5-9-15-13-7-8-13/h10,13,15H,3-9H2,1-2H3. The molecule has 0 aromatic carbocycles. The summed E-state index contributed by atoms with van der Waals surface area (Å²) in [6.07, 6.45) is 8.18. The molecule has 0 aliphatic heterocycles. The number of rotatable bonds is 7. The number of aryl methyl sites for hydroxylation is 3. The van der Waals surface area contributed by atoms with E-state index in [1.807, 2.05) is 11.3 Å². The van der Waals surface area contributed by atoms with Gasteiger partial charge in [0.2, 0.25) is 0 Å². The zero-order chi connectivity index (χ0) is 11.4. The summed E-state index contributed by atoms with van der Waals surface area (Å²) in [5, 5.41) is 3.57. The van der Waals surface area contributed by atoms with Gasteiger partial charge in [0.15, 0.2) is 0 Å². The van der Waals surface area contributed by atoms with E-state index in [1.54, 1.807) is 4.88 Å². The molecule has 1 aromatic heterocycles. The Morgan fingerprint density at radius 2 is 2.06 bits per heavy atom. The Kier molecular flexibility index (Phi) is 4.42. The molecule has 1 fully saturated rings. The van der Waals surface area contributed by atoms with Gasteiger partial charge in [-0.2, -0.15) is 0 Å². The van der Waals surface area contributed by atoms with Gasteiger partial charge in [0.1, 0.15) is 0 Å². The van der Waals surface area contributed by atoms with Crippen LogP contribution >= 0.6 is 11.3 Å². The molecule has 0 bridgehead atoms. The molecular formula is C14H23NS. The number of nitrogens with one attached hydrogen (secondary N) is 1. The van der Waals surface area contributed by atoms with Gasteiger partial charge in [0, 0.05) is 15.8 Å². The highest BCUT2D eigenvalue weighted by Gasteiger charge is 2.19. The third-order valence-corrected chi connectivity index (χ3v) is 4.45. The molecule has 16 heavy (non-hydrogen) atoms. The first-order valence-corrected chi connectivity index (χ1v) is 7.36. The van der Waals surface area contributed by atoms with Crippen molar-refractivity contribution in [2.45, 2.75) is 58.4 Å². The van der Waals surface area contributed by atoms with Crippen LogP contribution in [0.15, 0.2) is 6.07 Å². The largest absolute Gasteiger partial charge is 0.314 e. The first kappa shape index (κ1) is 12.1. The lowest BCUT2D eigenvalue weighted by Crippen LogP contribution is -2.17. The number of hydrogen-bond donors (Lipinski definition) is 1. The highest BCUT2D eigenvalue weighted by atomic mass is 32.1. The minimum Gasteiger partial charge on any atom is -0.314 e. The van der Waals surface area contributed by atoms with E-state index in [0.717, 1.165) is 6.04 Å². The molecule has 0 saturated heterocycles. The van der Waals surface area contributed by atoms with E-state index in [9.17, 15) is 0 Å². The quantitative estimate of drug-likeness (QED) is 0.711. The molecule has 1 aromatic rings. The molecular weight excluding hydrogens is 214 g/mol. The van der Waals surface area contributed by atoms with Gasteiger partial charge in [0.05, 0.1) is 0 Å². The predicted octanol–water partition coefficient (Wildman–Crippen LogP) is 3.83. The van der Waals surface area contributed by atoms with Crippen LogP contribution in [0.2, 0.25) is 0 Å². The lowest BCUT2D eigenvalue weighted by molar-refractivity contribution is 0.601. The van der Waals surface area contributed by atoms with Crippen LogP contribution in [0.5, 0.6) is 0 Å². The van der Waals surface area contributed by atoms with Crippen molar-refractivity contribution in [1.82, 2.24) is 5.32 Å². The van der Waals surface area contributed by atoms with Crippen molar-refractivity contribution in [3.05, 3.63) is 21.4 Å². The third-order valence-electron chi connectivity index (χ3n) is 3.23. The summed E-state index contributed by atoms with van der Waals surface area (Å²) in [4.78, 5) is 3.07. The Hall–Kier alpha value is -0.340. The second-order valence-corrected chi connectivity index (χ2v) is 6.34. The van der Waals surface area contributed by atoms with Gasteiger partial charge in [0.25, 0.3) is 0 Å². The monoisotopic (exact) mass is 237 g/mol. The van der Waals surface area contributed by atoms with Crippen LogP contribution in [0.1, 0.15) is 47.4 Å². The van der Waals surface area contributed by atoms with Gasteiger partial charge in [-0.25, -0.2) is 0 Å². The topological polar surface area (TPSA) is 12.0 Å². The van der Waals surface area contributed by atoms with Crippen molar-refractivity contribution in [1.29, 1.82) is 0 Å². The first-order valence-electron chi connectivity index (χ1n) is 6.55. The smallest absolute Gasteiger partial charge is 0.00772 e. The maximum Gasteiger partial charge on any atom is 0.00772 e. The van der Waals surface area contributed by atoms with E-state index in [0.29, 0.717) is 0 Å². The average molecular weight is 237 g/mol. The fourth-order valence-corrected chi connectivity index (χ4v) is 3.21. The molecule has 2 rings (SSSR count). The van der Waals surface area contributed by atoms with Crippen LogP contribution in [0.3, 0.4) is 0 Å². The molecule has 0 radical (unpaired) electrons. The highest BCUT2D eigenvalue weighted by molar-refractivity contribution is 7.12. The summed E-state index contributed by atoms with van der Waals surface area (Å²) < 4.78 is 0. The molecule has 1 heterocycles. The van der Waals surface area contributed by atoms with E-state index >= 15 is 0 Å². The lowest BCUT2D eigenvalue weighted by Gasteiger charge is -2.02. The van der Waals surface area contributed by atoms with Crippen molar-refractivity contribution >= 4 is 11.3 Å². The molecule has 1 nitrogen and oxygen atoms in total. The van der Waals surface area contributed by atoms with Crippen molar-refractivity contribution < 1.29 is 0 Å². The molecule has 0 atom stereocenters. The van der Waals surface area contributed by atoms with Gasteiger partial charge in [-0.3, -0.25) is 0 Å². The molecule has 0 amide bonds. The molecule has 1 aliphatic carbocycles. The van der Waals surface area contributed by atoms with Gasteiger partial charge in [-0.15, -0.1) is 11.3 Å². The number of hydrogen-bond acceptors (Lipinski definition) is 2. The molecule has 1 aliphatic rings. The van der Waals surface area contributed by atoms with Crippen molar-refractivity contribution in [3.8, 4) is 0 Å². The van der Waals surface area contributed by atoms with Gasteiger partial charge in [-0.1, -0.05) is 6.42 Å². The molecule has 1 saturated carbocycles. The van der Waals surface area contributed by atoms with Gasteiger partial charge < -0.3 is 5.32 Å². The Bertz CT molecular complexity index is 325. The Morgan fingerprint density at radius 1 is 1.25 bits per heavy atom. The Labute approximate surface area is 103 Å². The summed E-state index contributed by atoms with van der Waals surface area (Å²) in [7, 11) is 0. The minimum atomic E-state index is 0.877. The second kappa shape index (κ2) is 5.83. The third kappa shape index (κ3) is 3.91. The summed E-state index contributed by atoms with van der Waals surface area (Å²) in [6.45, 7) is 5.68. The summed E-state index contributed by atoms with van der Waals surface area (Å²) in [5.74, 6) is 0. The molecule has 1 N–H and O–H groups in total.